The minimum Gasteiger partial charge on any atom is -0.460 e. The Morgan fingerprint density at radius 3 is 2.23 bits per heavy atom. The molecule has 0 unspecified atom stereocenters. The van der Waals surface area contributed by atoms with E-state index in [-0.39, 0.29) is 12.1 Å². The number of ether oxygens (including phenoxy) is 1. The summed E-state index contributed by atoms with van der Waals surface area (Å²) in [7, 11) is 0. The largest absolute Gasteiger partial charge is 0.460 e. The Labute approximate surface area is 80.1 Å². The smallest absolute Gasteiger partial charge is 0.302 e. The van der Waals surface area contributed by atoms with E-state index < -0.39 is 6.10 Å². The SMILES string of the molecule is CCC[C@@H](O)[C@@H](CCC)OC(C)=O. The second-order valence-electron chi connectivity index (χ2n) is 3.29. The van der Waals surface area contributed by atoms with Crippen LogP contribution < -0.4 is 0 Å². The second-order valence-corrected chi connectivity index (χ2v) is 3.29. The third-order valence-electron chi connectivity index (χ3n) is 1.90. The van der Waals surface area contributed by atoms with Gasteiger partial charge in [0.1, 0.15) is 6.10 Å². The minimum absolute atomic E-state index is 0.311. The third-order valence-corrected chi connectivity index (χ3v) is 1.90. The molecule has 0 saturated carbocycles. The van der Waals surface area contributed by atoms with Gasteiger partial charge >= 0.3 is 5.97 Å². The van der Waals surface area contributed by atoms with Crippen molar-refractivity contribution in [1.82, 2.24) is 0 Å². The Kier molecular flexibility index (Phi) is 6.59. The fraction of sp³-hybridized carbons (Fsp3) is 0.900. The van der Waals surface area contributed by atoms with Crippen LogP contribution in [0.25, 0.3) is 0 Å². The topological polar surface area (TPSA) is 46.5 Å². The van der Waals surface area contributed by atoms with Crippen LogP contribution in [0.15, 0.2) is 0 Å². The van der Waals surface area contributed by atoms with Gasteiger partial charge in [0.05, 0.1) is 6.10 Å². The summed E-state index contributed by atoms with van der Waals surface area (Å²) in [6.07, 6.45) is 2.43. The van der Waals surface area contributed by atoms with Gasteiger partial charge in [-0.1, -0.05) is 26.7 Å². The lowest BCUT2D eigenvalue weighted by molar-refractivity contribution is -0.153. The van der Waals surface area contributed by atoms with Crippen LogP contribution in [-0.4, -0.2) is 23.3 Å². The summed E-state index contributed by atoms with van der Waals surface area (Å²) < 4.78 is 5.02. The Morgan fingerprint density at radius 1 is 1.31 bits per heavy atom. The molecule has 1 N–H and O–H groups in total. The highest BCUT2D eigenvalue weighted by Crippen LogP contribution is 2.12. The molecular formula is C10H20O3. The van der Waals surface area contributed by atoms with Crippen molar-refractivity contribution in [2.24, 2.45) is 0 Å². The molecule has 0 aromatic rings. The van der Waals surface area contributed by atoms with Gasteiger partial charge in [-0.25, -0.2) is 0 Å². The van der Waals surface area contributed by atoms with Gasteiger partial charge in [-0.3, -0.25) is 4.79 Å². The molecule has 0 saturated heterocycles. The number of rotatable bonds is 6. The minimum atomic E-state index is -0.506. The third kappa shape index (κ3) is 5.64. The number of hydrogen-bond donors (Lipinski definition) is 1. The molecule has 0 aliphatic heterocycles. The van der Waals surface area contributed by atoms with E-state index in [4.69, 9.17) is 4.74 Å². The number of hydrogen-bond acceptors (Lipinski definition) is 3. The maximum Gasteiger partial charge on any atom is 0.302 e. The molecule has 0 heterocycles. The van der Waals surface area contributed by atoms with Gasteiger partial charge in [0.2, 0.25) is 0 Å². The van der Waals surface area contributed by atoms with Crippen molar-refractivity contribution in [2.75, 3.05) is 0 Å². The van der Waals surface area contributed by atoms with E-state index in [2.05, 4.69) is 0 Å². The van der Waals surface area contributed by atoms with E-state index in [1.54, 1.807) is 0 Å². The first kappa shape index (κ1) is 12.4. The molecule has 0 aromatic carbocycles. The molecular weight excluding hydrogens is 168 g/mol. The van der Waals surface area contributed by atoms with Crippen molar-refractivity contribution < 1.29 is 14.6 Å². The summed E-state index contributed by atoms with van der Waals surface area (Å²) >= 11 is 0. The number of aliphatic hydroxyl groups is 1. The van der Waals surface area contributed by atoms with E-state index in [0.29, 0.717) is 6.42 Å². The average molecular weight is 188 g/mol. The summed E-state index contributed by atoms with van der Waals surface area (Å²) in [6, 6.07) is 0. The van der Waals surface area contributed by atoms with E-state index in [0.717, 1.165) is 19.3 Å². The zero-order valence-corrected chi connectivity index (χ0v) is 8.75. The second kappa shape index (κ2) is 6.89. The monoisotopic (exact) mass is 188 g/mol. The van der Waals surface area contributed by atoms with Gasteiger partial charge < -0.3 is 9.84 Å². The van der Waals surface area contributed by atoms with Crippen LogP contribution in [-0.2, 0) is 9.53 Å². The first-order chi connectivity index (χ1) is 6.11. The molecule has 3 nitrogen and oxygen atoms in total. The molecule has 0 aliphatic rings. The predicted octanol–water partition coefficient (Wildman–Crippen LogP) is 1.88. The first-order valence-corrected chi connectivity index (χ1v) is 4.97. The molecule has 0 aromatic heterocycles. The van der Waals surface area contributed by atoms with Gasteiger partial charge in [0, 0.05) is 6.92 Å². The fourth-order valence-electron chi connectivity index (χ4n) is 1.31. The average Bonchev–Trinajstić information content (AvgIpc) is 2.03. The summed E-state index contributed by atoms with van der Waals surface area (Å²) in [5.74, 6) is -0.311. The molecule has 0 rings (SSSR count). The standard InChI is InChI=1S/C10H20O3/c1-4-6-9(12)10(7-5-2)13-8(3)11/h9-10,12H,4-7H2,1-3H3/t9-,10-/m1/s1. The highest BCUT2D eigenvalue weighted by molar-refractivity contribution is 5.66. The van der Waals surface area contributed by atoms with E-state index in [1.807, 2.05) is 13.8 Å². The van der Waals surface area contributed by atoms with Crippen molar-refractivity contribution in [3.05, 3.63) is 0 Å². The maximum absolute atomic E-state index is 10.7. The van der Waals surface area contributed by atoms with E-state index in [9.17, 15) is 9.90 Å². The summed E-state index contributed by atoms with van der Waals surface area (Å²) in [6.45, 7) is 5.39. The van der Waals surface area contributed by atoms with Gasteiger partial charge in [-0.2, -0.15) is 0 Å². The molecule has 3 heteroatoms. The molecule has 0 aliphatic carbocycles. The normalized spacial score (nSPS) is 15.1. The predicted molar refractivity (Wildman–Crippen MR) is 51.4 cm³/mol. The summed E-state index contributed by atoms with van der Waals surface area (Å²) in [4.78, 5) is 10.7. The van der Waals surface area contributed by atoms with Crippen molar-refractivity contribution in [2.45, 2.75) is 58.7 Å². The van der Waals surface area contributed by atoms with Gasteiger partial charge in [0.25, 0.3) is 0 Å². The molecule has 0 spiro atoms. The summed E-state index contributed by atoms with van der Waals surface area (Å²) in [5, 5.41) is 9.61. The zero-order chi connectivity index (χ0) is 10.3. The highest BCUT2D eigenvalue weighted by Gasteiger charge is 2.19. The van der Waals surface area contributed by atoms with E-state index >= 15 is 0 Å². The number of carbonyl (C=O) groups excluding carboxylic acids is 1. The van der Waals surface area contributed by atoms with Gasteiger partial charge in [-0.05, 0) is 12.8 Å². The quantitative estimate of drug-likeness (QED) is 0.647. The number of aliphatic hydroxyl groups excluding tert-OH is 1. The van der Waals surface area contributed by atoms with Crippen molar-refractivity contribution in [3.63, 3.8) is 0 Å². The Balaban J connectivity index is 3.97. The molecule has 2 atom stereocenters. The molecule has 78 valence electrons. The van der Waals surface area contributed by atoms with Gasteiger partial charge in [0.15, 0.2) is 0 Å². The lowest BCUT2D eigenvalue weighted by Crippen LogP contribution is -2.30. The zero-order valence-electron chi connectivity index (χ0n) is 8.75. The van der Waals surface area contributed by atoms with Crippen LogP contribution in [0.2, 0.25) is 0 Å². The number of carbonyl (C=O) groups is 1. The molecule has 0 amide bonds. The Bertz CT molecular complexity index is 145. The van der Waals surface area contributed by atoms with Crippen LogP contribution in [0.5, 0.6) is 0 Å². The van der Waals surface area contributed by atoms with Crippen LogP contribution in [0.1, 0.15) is 46.5 Å². The van der Waals surface area contributed by atoms with Crippen molar-refractivity contribution >= 4 is 5.97 Å². The first-order valence-electron chi connectivity index (χ1n) is 4.97. The van der Waals surface area contributed by atoms with Crippen LogP contribution in [0.3, 0.4) is 0 Å². The molecule has 13 heavy (non-hydrogen) atoms. The fourth-order valence-corrected chi connectivity index (χ4v) is 1.31. The summed E-state index contributed by atoms with van der Waals surface area (Å²) in [5.41, 5.74) is 0. The lowest BCUT2D eigenvalue weighted by atomic mass is 10.0. The van der Waals surface area contributed by atoms with E-state index in [1.165, 1.54) is 6.92 Å². The van der Waals surface area contributed by atoms with Crippen LogP contribution in [0, 0.1) is 0 Å². The van der Waals surface area contributed by atoms with Crippen LogP contribution in [0.4, 0.5) is 0 Å². The molecule has 0 fully saturated rings. The maximum atomic E-state index is 10.7. The van der Waals surface area contributed by atoms with Gasteiger partial charge in [-0.15, -0.1) is 0 Å². The van der Waals surface area contributed by atoms with Crippen molar-refractivity contribution in [3.8, 4) is 0 Å². The lowest BCUT2D eigenvalue weighted by Gasteiger charge is -2.21. The number of esters is 1. The Morgan fingerprint density at radius 2 is 1.85 bits per heavy atom. The Hall–Kier alpha value is -0.570. The molecule has 0 bridgehead atoms. The highest BCUT2D eigenvalue weighted by atomic mass is 16.6. The van der Waals surface area contributed by atoms with Crippen molar-refractivity contribution in [1.29, 1.82) is 0 Å². The van der Waals surface area contributed by atoms with Crippen LogP contribution >= 0.6 is 0 Å². The molecule has 0 radical (unpaired) electrons.